The highest BCUT2D eigenvalue weighted by atomic mass is 35.5. The fraction of sp³-hybridized carbons (Fsp3) is 0.357. The maximum atomic E-state index is 11.7. The highest BCUT2D eigenvalue weighted by molar-refractivity contribution is 6.38. The Morgan fingerprint density at radius 1 is 1.11 bits per heavy atom. The lowest BCUT2D eigenvalue weighted by Gasteiger charge is -2.17. The van der Waals surface area contributed by atoms with Crippen LogP contribution < -0.4 is 0 Å². The molecule has 1 N–H and O–H groups in total. The van der Waals surface area contributed by atoms with E-state index in [1.165, 1.54) is 13.8 Å². The van der Waals surface area contributed by atoms with Crippen molar-refractivity contribution in [2.75, 3.05) is 0 Å². The summed E-state index contributed by atoms with van der Waals surface area (Å²) >= 11 is 5.72. The number of hydrogen-bond donors (Lipinski definition) is 1. The van der Waals surface area contributed by atoms with Gasteiger partial charge in [0.1, 0.15) is 0 Å². The van der Waals surface area contributed by atoms with E-state index < -0.39 is 23.0 Å². The first kappa shape index (κ1) is 15.4. The quantitative estimate of drug-likeness (QED) is 0.814. The third kappa shape index (κ3) is 4.48. The van der Waals surface area contributed by atoms with Crippen molar-refractivity contribution in [3.8, 4) is 0 Å². The fourth-order valence-corrected chi connectivity index (χ4v) is 1.59. The first-order chi connectivity index (χ1) is 8.72. The number of carboxylic acid groups (broad SMARTS) is 1. The number of aliphatic carboxylic acids is 1. The molecule has 19 heavy (non-hydrogen) atoms. The number of carbonyl (C=O) groups excluding carboxylic acids is 2. The molecule has 0 amide bonds. The first-order valence-corrected chi connectivity index (χ1v) is 6.14. The summed E-state index contributed by atoms with van der Waals surface area (Å²) in [6.45, 7) is 2.84. The molecular formula is C14H15ClO4. The fourth-order valence-electron chi connectivity index (χ4n) is 1.46. The molecule has 1 aromatic rings. The number of hydrogen-bond acceptors (Lipinski definition) is 3. The zero-order valence-corrected chi connectivity index (χ0v) is 11.5. The Morgan fingerprint density at radius 2 is 1.63 bits per heavy atom. The van der Waals surface area contributed by atoms with Crippen LogP contribution in [0, 0.1) is 5.41 Å². The predicted octanol–water partition coefficient (Wildman–Crippen LogP) is 2.52. The normalized spacial score (nSPS) is 11.1. The van der Waals surface area contributed by atoms with Crippen molar-refractivity contribution in [1.29, 1.82) is 0 Å². The van der Waals surface area contributed by atoms with Crippen LogP contribution in [0.2, 0.25) is 5.02 Å². The molecule has 0 spiro atoms. The highest BCUT2D eigenvalue weighted by Crippen LogP contribution is 2.21. The molecule has 5 heteroatoms. The lowest BCUT2D eigenvalue weighted by atomic mass is 9.86. The van der Waals surface area contributed by atoms with E-state index in [1.54, 1.807) is 24.3 Å². The average Bonchev–Trinajstić information content (AvgIpc) is 2.31. The molecule has 0 saturated carbocycles. The summed E-state index contributed by atoms with van der Waals surface area (Å²) in [5, 5.41) is 9.46. The van der Waals surface area contributed by atoms with Gasteiger partial charge in [-0.05, 0) is 31.5 Å². The molecule has 102 valence electrons. The van der Waals surface area contributed by atoms with Crippen molar-refractivity contribution >= 4 is 29.1 Å². The molecule has 0 radical (unpaired) electrons. The molecule has 0 atom stereocenters. The summed E-state index contributed by atoms with van der Waals surface area (Å²) in [6, 6.07) is 6.59. The number of halogens is 1. The van der Waals surface area contributed by atoms with Crippen LogP contribution >= 0.6 is 11.6 Å². The van der Waals surface area contributed by atoms with Crippen LogP contribution in [0.5, 0.6) is 0 Å². The molecule has 0 bridgehead atoms. The molecule has 0 fully saturated rings. The maximum absolute atomic E-state index is 11.7. The van der Waals surface area contributed by atoms with E-state index in [2.05, 4.69) is 0 Å². The minimum absolute atomic E-state index is 0.0360. The summed E-state index contributed by atoms with van der Waals surface area (Å²) in [6.07, 6.45) is -0.333. The molecule has 0 aliphatic rings. The third-order valence-corrected chi connectivity index (χ3v) is 3.02. The van der Waals surface area contributed by atoms with Crippen LogP contribution in [0.1, 0.15) is 25.8 Å². The van der Waals surface area contributed by atoms with Gasteiger partial charge in [0.15, 0.2) is 5.78 Å². The van der Waals surface area contributed by atoms with Gasteiger partial charge in [0.05, 0.1) is 5.41 Å². The minimum Gasteiger partial charge on any atom is -0.481 e. The maximum Gasteiger partial charge on any atom is 0.309 e. The van der Waals surface area contributed by atoms with Gasteiger partial charge in [-0.3, -0.25) is 14.4 Å². The lowest BCUT2D eigenvalue weighted by molar-refractivity contribution is -0.150. The number of rotatable bonds is 6. The second kappa shape index (κ2) is 5.97. The van der Waals surface area contributed by atoms with E-state index in [1.807, 2.05) is 0 Å². The Bertz CT molecular complexity index is 503. The minimum atomic E-state index is -1.23. The number of ketones is 2. The van der Waals surface area contributed by atoms with Crippen LogP contribution in [-0.4, -0.2) is 22.6 Å². The van der Waals surface area contributed by atoms with Crippen molar-refractivity contribution in [3.63, 3.8) is 0 Å². The average molecular weight is 283 g/mol. The SMILES string of the molecule is CC(C)(CC(=O)C(=O)Cc1ccc(Cl)cc1)C(=O)O. The summed E-state index contributed by atoms with van der Waals surface area (Å²) < 4.78 is 0. The van der Waals surface area contributed by atoms with Crippen LogP contribution in [-0.2, 0) is 20.8 Å². The number of Topliss-reactive ketones (excluding diaryl/α,β-unsaturated/α-hetero) is 2. The van der Waals surface area contributed by atoms with Gasteiger partial charge in [0.2, 0.25) is 5.78 Å². The van der Waals surface area contributed by atoms with Crippen molar-refractivity contribution in [1.82, 2.24) is 0 Å². The van der Waals surface area contributed by atoms with E-state index in [0.717, 1.165) is 0 Å². The molecule has 4 nitrogen and oxygen atoms in total. The zero-order valence-electron chi connectivity index (χ0n) is 10.8. The molecule has 0 heterocycles. The van der Waals surface area contributed by atoms with Crippen molar-refractivity contribution in [2.45, 2.75) is 26.7 Å². The Morgan fingerprint density at radius 3 is 2.11 bits per heavy atom. The molecule has 1 aromatic carbocycles. The largest absolute Gasteiger partial charge is 0.481 e. The summed E-state index contributed by atoms with van der Waals surface area (Å²) in [7, 11) is 0. The molecule has 0 unspecified atom stereocenters. The smallest absolute Gasteiger partial charge is 0.309 e. The Balaban J connectivity index is 2.66. The summed E-state index contributed by atoms with van der Waals surface area (Å²) in [4.78, 5) is 34.3. The highest BCUT2D eigenvalue weighted by Gasteiger charge is 2.32. The number of carbonyl (C=O) groups is 3. The van der Waals surface area contributed by atoms with Crippen LogP contribution in [0.15, 0.2) is 24.3 Å². The predicted molar refractivity (Wildman–Crippen MR) is 71.2 cm³/mol. The molecule has 0 aliphatic heterocycles. The Hall–Kier alpha value is -1.68. The van der Waals surface area contributed by atoms with E-state index in [-0.39, 0.29) is 12.8 Å². The molecular weight excluding hydrogens is 268 g/mol. The van der Waals surface area contributed by atoms with E-state index in [0.29, 0.717) is 10.6 Å². The van der Waals surface area contributed by atoms with Gasteiger partial charge >= 0.3 is 5.97 Å². The van der Waals surface area contributed by atoms with Crippen molar-refractivity contribution < 1.29 is 19.5 Å². The van der Waals surface area contributed by atoms with Crippen LogP contribution in [0.25, 0.3) is 0 Å². The second-order valence-corrected chi connectivity index (χ2v) is 5.45. The van der Waals surface area contributed by atoms with Gasteiger partial charge in [0.25, 0.3) is 0 Å². The standard InChI is InChI=1S/C14H15ClO4/c1-14(2,13(18)19)8-12(17)11(16)7-9-3-5-10(15)6-4-9/h3-6H,7-8H2,1-2H3,(H,18,19). The van der Waals surface area contributed by atoms with Gasteiger partial charge in [-0.15, -0.1) is 0 Å². The molecule has 0 saturated heterocycles. The zero-order chi connectivity index (χ0) is 14.6. The summed E-state index contributed by atoms with van der Waals surface area (Å²) in [5.74, 6) is -2.35. The Labute approximate surface area is 116 Å². The van der Waals surface area contributed by atoms with E-state index in [9.17, 15) is 14.4 Å². The Kier molecular flexibility index (Phi) is 4.84. The van der Waals surface area contributed by atoms with Gasteiger partial charge < -0.3 is 5.11 Å². The van der Waals surface area contributed by atoms with Crippen LogP contribution in [0.4, 0.5) is 0 Å². The van der Waals surface area contributed by atoms with Gasteiger partial charge in [-0.25, -0.2) is 0 Å². The lowest BCUT2D eigenvalue weighted by Crippen LogP contribution is -2.30. The van der Waals surface area contributed by atoms with Gasteiger partial charge in [-0.2, -0.15) is 0 Å². The molecule has 0 aliphatic carbocycles. The number of benzene rings is 1. The third-order valence-electron chi connectivity index (χ3n) is 2.77. The molecule has 1 rings (SSSR count). The second-order valence-electron chi connectivity index (χ2n) is 5.02. The van der Waals surface area contributed by atoms with Gasteiger partial charge in [-0.1, -0.05) is 23.7 Å². The van der Waals surface area contributed by atoms with E-state index in [4.69, 9.17) is 16.7 Å². The van der Waals surface area contributed by atoms with E-state index >= 15 is 0 Å². The molecule has 0 aromatic heterocycles. The number of carboxylic acids is 1. The monoisotopic (exact) mass is 282 g/mol. The van der Waals surface area contributed by atoms with Crippen molar-refractivity contribution in [3.05, 3.63) is 34.9 Å². The van der Waals surface area contributed by atoms with Crippen LogP contribution in [0.3, 0.4) is 0 Å². The van der Waals surface area contributed by atoms with Crippen molar-refractivity contribution in [2.24, 2.45) is 5.41 Å². The summed E-state index contributed by atoms with van der Waals surface area (Å²) in [5.41, 5.74) is -0.553. The topological polar surface area (TPSA) is 71.4 Å². The first-order valence-electron chi connectivity index (χ1n) is 5.76. The van der Waals surface area contributed by atoms with Gasteiger partial charge in [0, 0.05) is 17.9 Å².